The number of aromatic amines is 1. The maximum absolute atomic E-state index is 13.2. The summed E-state index contributed by atoms with van der Waals surface area (Å²) in [7, 11) is 3.23. The van der Waals surface area contributed by atoms with Gasteiger partial charge in [0.15, 0.2) is 0 Å². The Morgan fingerprint density at radius 3 is 2.79 bits per heavy atom. The lowest BCUT2D eigenvalue weighted by molar-refractivity contribution is -0.131. The number of nitrogens with zero attached hydrogens (tertiary/aromatic N) is 3. The molecule has 3 aromatic rings. The van der Waals surface area contributed by atoms with Gasteiger partial charge in [0.25, 0.3) is 0 Å². The van der Waals surface area contributed by atoms with Crippen LogP contribution in [-0.4, -0.2) is 46.8 Å². The van der Waals surface area contributed by atoms with E-state index in [1.165, 1.54) is 0 Å². The van der Waals surface area contributed by atoms with E-state index in [0.717, 1.165) is 41.8 Å². The van der Waals surface area contributed by atoms with Gasteiger partial charge in [-0.3, -0.25) is 14.9 Å². The summed E-state index contributed by atoms with van der Waals surface area (Å²) in [5.74, 6) is 1.46. The Morgan fingerprint density at radius 1 is 1.21 bits per heavy atom. The molecule has 0 spiro atoms. The van der Waals surface area contributed by atoms with Gasteiger partial charge >= 0.3 is 0 Å². The predicted molar refractivity (Wildman–Crippen MR) is 109 cm³/mol. The van der Waals surface area contributed by atoms with Crippen molar-refractivity contribution in [3.05, 3.63) is 60.2 Å². The van der Waals surface area contributed by atoms with E-state index >= 15 is 0 Å². The molecule has 7 nitrogen and oxygen atoms in total. The molecule has 0 unspecified atom stereocenters. The summed E-state index contributed by atoms with van der Waals surface area (Å²) in [6.45, 7) is 0.727. The van der Waals surface area contributed by atoms with Crippen molar-refractivity contribution in [2.45, 2.75) is 25.3 Å². The molecule has 0 bridgehead atoms. The summed E-state index contributed by atoms with van der Waals surface area (Å²) in [6.07, 6.45) is 7.46. The lowest BCUT2D eigenvalue weighted by atomic mass is 10.0. The van der Waals surface area contributed by atoms with Gasteiger partial charge < -0.3 is 14.4 Å². The van der Waals surface area contributed by atoms with Gasteiger partial charge in [-0.15, -0.1) is 0 Å². The van der Waals surface area contributed by atoms with Crippen molar-refractivity contribution >= 4 is 5.91 Å². The summed E-state index contributed by atoms with van der Waals surface area (Å²) < 4.78 is 10.7. The number of aromatic nitrogens is 3. The van der Waals surface area contributed by atoms with Crippen LogP contribution in [0.1, 0.15) is 30.1 Å². The number of benzene rings is 1. The fourth-order valence-corrected chi connectivity index (χ4v) is 3.96. The van der Waals surface area contributed by atoms with E-state index in [4.69, 9.17) is 9.47 Å². The molecular formula is C22H24N4O3. The van der Waals surface area contributed by atoms with E-state index in [1.807, 2.05) is 41.4 Å². The number of hydrogen-bond acceptors (Lipinski definition) is 5. The minimum absolute atomic E-state index is 0.0234. The third kappa shape index (κ3) is 3.81. The molecule has 0 radical (unpaired) electrons. The van der Waals surface area contributed by atoms with Gasteiger partial charge in [-0.25, -0.2) is 0 Å². The summed E-state index contributed by atoms with van der Waals surface area (Å²) >= 11 is 0. The molecule has 1 aliphatic rings. The molecule has 1 N–H and O–H groups in total. The minimum Gasteiger partial charge on any atom is -0.497 e. The maximum Gasteiger partial charge on any atom is 0.227 e. The van der Waals surface area contributed by atoms with Crippen molar-refractivity contribution in [3.63, 3.8) is 0 Å². The molecule has 0 saturated carbocycles. The summed E-state index contributed by atoms with van der Waals surface area (Å²) in [5.41, 5.74) is 3.84. The molecule has 7 heteroatoms. The Labute approximate surface area is 169 Å². The highest BCUT2D eigenvalue weighted by Crippen LogP contribution is 2.37. The minimum atomic E-state index is -0.0234. The van der Waals surface area contributed by atoms with Crippen molar-refractivity contribution in [3.8, 4) is 22.6 Å². The van der Waals surface area contributed by atoms with Crippen LogP contribution >= 0.6 is 0 Å². The molecule has 1 aliphatic heterocycles. The highest BCUT2D eigenvalue weighted by Gasteiger charge is 2.33. The molecule has 1 fully saturated rings. The number of amides is 1. The molecule has 150 valence electrons. The SMILES string of the molecule is COc1ccc(OC)c(CC(=O)N2CCC[C@@H]2c2[nH]ncc2-c2ccncc2)c1. The predicted octanol–water partition coefficient (Wildman–Crippen LogP) is 3.40. The van der Waals surface area contributed by atoms with E-state index < -0.39 is 0 Å². The zero-order valence-electron chi connectivity index (χ0n) is 16.6. The van der Waals surface area contributed by atoms with Gasteiger partial charge in [0.2, 0.25) is 5.91 Å². The zero-order valence-corrected chi connectivity index (χ0v) is 16.6. The molecule has 1 saturated heterocycles. The standard InChI is InChI=1S/C22H24N4O3/c1-28-17-5-6-20(29-2)16(12-17)13-21(27)26-11-3-4-19(26)22-18(14-24-25-22)15-7-9-23-10-8-15/h5-10,12,14,19H,3-4,11,13H2,1-2H3,(H,24,25)/t19-/m1/s1. The second-order valence-corrected chi connectivity index (χ2v) is 7.03. The van der Waals surface area contributed by atoms with Crippen molar-refractivity contribution < 1.29 is 14.3 Å². The summed E-state index contributed by atoms with van der Waals surface area (Å²) in [5, 5.41) is 7.38. The van der Waals surface area contributed by atoms with Crippen molar-refractivity contribution in [2.75, 3.05) is 20.8 Å². The lowest BCUT2D eigenvalue weighted by Crippen LogP contribution is -2.32. The van der Waals surface area contributed by atoms with Gasteiger partial charge in [0.05, 0.1) is 38.6 Å². The maximum atomic E-state index is 13.2. The smallest absolute Gasteiger partial charge is 0.227 e. The molecule has 4 rings (SSSR count). The van der Waals surface area contributed by atoms with Crippen molar-refractivity contribution in [2.24, 2.45) is 0 Å². The molecule has 2 aromatic heterocycles. The van der Waals surface area contributed by atoms with E-state index in [-0.39, 0.29) is 18.4 Å². The van der Waals surface area contributed by atoms with Crippen LogP contribution in [0.5, 0.6) is 11.5 Å². The number of pyridine rings is 1. The van der Waals surface area contributed by atoms with Crippen molar-refractivity contribution in [1.29, 1.82) is 0 Å². The topological polar surface area (TPSA) is 80.3 Å². The first-order valence-electron chi connectivity index (χ1n) is 9.65. The first-order chi connectivity index (χ1) is 14.2. The monoisotopic (exact) mass is 392 g/mol. The van der Waals surface area contributed by atoms with E-state index in [9.17, 15) is 4.79 Å². The van der Waals surface area contributed by atoms with E-state index in [1.54, 1.807) is 26.6 Å². The highest BCUT2D eigenvalue weighted by molar-refractivity contribution is 5.81. The number of hydrogen-bond donors (Lipinski definition) is 1. The van der Waals surface area contributed by atoms with Crippen LogP contribution in [0.4, 0.5) is 0 Å². The third-order valence-corrected chi connectivity index (χ3v) is 5.40. The second-order valence-electron chi connectivity index (χ2n) is 7.03. The Kier molecular flexibility index (Phi) is 5.46. The molecule has 29 heavy (non-hydrogen) atoms. The van der Waals surface area contributed by atoms with Gasteiger partial charge in [0.1, 0.15) is 11.5 Å². The highest BCUT2D eigenvalue weighted by atomic mass is 16.5. The largest absolute Gasteiger partial charge is 0.497 e. The van der Waals surface area contributed by atoms with Crippen molar-refractivity contribution in [1.82, 2.24) is 20.1 Å². The third-order valence-electron chi connectivity index (χ3n) is 5.40. The Balaban J connectivity index is 1.59. The number of ether oxygens (including phenoxy) is 2. The molecule has 1 aromatic carbocycles. The molecular weight excluding hydrogens is 368 g/mol. The first-order valence-corrected chi connectivity index (χ1v) is 9.65. The van der Waals surface area contributed by atoms with Gasteiger partial charge in [-0.2, -0.15) is 5.10 Å². The van der Waals surface area contributed by atoms with Gasteiger partial charge in [0, 0.05) is 30.1 Å². The number of carbonyl (C=O) groups excluding carboxylic acids is 1. The number of likely N-dealkylation sites (tertiary alicyclic amines) is 1. The molecule has 0 aliphatic carbocycles. The normalized spacial score (nSPS) is 16.1. The van der Waals surface area contributed by atoms with Crippen LogP contribution in [0.2, 0.25) is 0 Å². The Hall–Kier alpha value is -3.35. The average molecular weight is 392 g/mol. The van der Waals surface area contributed by atoms with Crippen LogP contribution < -0.4 is 9.47 Å². The fraction of sp³-hybridized carbons (Fsp3) is 0.318. The number of carbonyl (C=O) groups is 1. The number of methoxy groups -OCH3 is 2. The lowest BCUT2D eigenvalue weighted by Gasteiger charge is -2.25. The average Bonchev–Trinajstić information content (AvgIpc) is 3.43. The van der Waals surface area contributed by atoms with E-state index in [2.05, 4.69) is 15.2 Å². The molecule has 1 amide bonds. The Morgan fingerprint density at radius 2 is 2.03 bits per heavy atom. The quantitative estimate of drug-likeness (QED) is 0.695. The second kappa shape index (κ2) is 8.34. The van der Waals surface area contributed by atoms with Gasteiger partial charge in [-0.05, 0) is 48.7 Å². The number of nitrogens with one attached hydrogen (secondary N) is 1. The zero-order chi connectivity index (χ0) is 20.2. The first kappa shape index (κ1) is 19.0. The van der Waals surface area contributed by atoms with E-state index in [0.29, 0.717) is 11.5 Å². The van der Waals surface area contributed by atoms with Crippen LogP contribution in [0.15, 0.2) is 48.9 Å². The summed E-state index contributed by atoms with van der Waals surface area (Å²) in [4.78, 5) is 19.2. The summed E-state index contributed by atoms with van der Waals surface area (Å²) in [6, 6.07) is 9.41. The van der Waals surface area contributed by atoms with Crippen LogP contribution in [0.25, 0.3) is 11.1 Å². The van der Waals surface area contributed by atoms with Crippen LogP contribution in [0.3, 0.4) is 0 Å². The number of rotatable bonds is 6. The Bertz CT molecular complexity index is 987. The number of H-pyrrole nitrogens is 1. The fourth-order valence-electron chi connectivity index (χ4n) is 3.96. The molecule has 3 heterocycles. The van der Waals surface area contributed by atoms with Crippen LogP contribution in [0, 0.1) is 0 Å². The molecule has 1 atom stereocenters. The van der Waals surface area contributed by atoms with Crippen LogP contribution in [-0.2, 0) is 11.2 Å². The van der Waals surface area contributed by atoms with Gasteiger partial charge in [-0.1, -0.05) is 0 Å².